The first kappa shape index (κ1) is 20.5. The zero-order valence-electron chi connectivity index (χ0n) is 17.9. The molecule has 0 spiro atoms. The summed E-state index contributed by atoms with van der Waals surface area (Å²) < 4.78 is 21.1. The maximum Gasteiger partial charge on any atom is 0.260 e. The molecule has 2 aliphatic rings. The number of carbonyl (C=O) groups excluding carboxylic acids is 1. The van der Waals surface area contributed by atoms with Gasteiger partial charge in [-0.05, 0) is 49.2 Å². The number of hydrogen-bond acceptors (Lipinski definition) is 5. The van der Waals surface area contributed by atoms with Crippen LogP contribution in [-0.2, 0) is 17.8 Å². The summed E-state index contributed by atoms with van der Waals surface area (Å²) in [5, 5.41) is 8.69. The maximum atomic E-state index is 13.1. The number of nitrogens with zero attached hydrogens (tertiary/aromatic N) is 5. The van der Waals surface area contributed by atoms with Crippen LogP contribution in [0.2, 0.25) is 0 Å². The van der Waals surface area contributed by atoms with Crippen molar-refractivity contribution in [2.24, 2.45) is 0 Å². The number of amides is 1. The molecule has 0 unspecified atom stereocenters. The smallest absolute Gasteiger partial charge is 0.260 e. The molecule has 0 N–H and O–H groups in total. The van der Waals surface area contributed by atoms with E-state index in [1.165, 1.54) is 12.1 Å². The Labute approximate surface area is 186 Å². The van der Waals surface area contributed by atoms with Gasteiger partial charge in [-0.2, -0.15) is 0 Å². The van der Waals surface area contributed by atoms with Crippen molar-refractivity contribution >= 4 is 11.6 Å². The van der Waals surface area contributed by atoms with Gasteiger partial charge in [-0.3, -0.25) is 4.79 Å². The molecule has 1 amide bonds. The molecule has 0 radical (unpaired) electrons. The lowest BCUT2D eigenvalue weighted by molar-refractivity contribution is -0.133. The fourth-order valence-electron chi connectivity index (χ4n) is 4.35. The fraction of sp³-hybridized carbons (Fsp3) is 0.375. The fourth-order valence-corrected chi connectivity index (χ4v) is 4.35. The summed E-state index contributed by atoms with van der Waals surface area (Å²) in [5.74, 6) is 2.26. The highest BCUT2D eigenvalue weighted by atomic mass is 19.1. The molecular weight excluding hydrogens is 409 g/mol. The minimum atomic E-state index is -0.243. The minimum Gasteiger partial charge on any atom is -0.484 e. The number of piperazine rings is 1. The van der Waals surface area contributed by atoms with Crippen LogP contribution >= 0.6 is 0 Å². The molecule has 32 heavy (non-hydrogen) atoms. The van der Waals surface area contributed by atoms with Gasteiger partial charge in [-0.15, -0.1) is 10.2 Å². The van der Waals surface area contributed by atoms with Crippen LogP contribution in [0.25, 0.3) is 11.4 Å². The van der Waals surface area contributed by atoms with Crippen molar-refractivity contribution in [3.05, 3.63) is 60.2 Å². The second-order valence-electron chi connectivity index (χ2n) is 8.21. The van der Waals surface area contributed by atoms with Crippen LogP contribution in [-0.4, -0.2) is 58.4 Å². The largest absolute Gasteiger partial charge is 0.484 e. The number of aryl methyl sites for hydroxylation is 1. The zero-order valence-corrected chi connectivity index (χ0v) is 17.9. The van der Waals surface area contributed by atoms with Crippen molar-refractivity contribution in [1.29, 1.82) is 0 Å². The lowest BCUT2D eigenvalue weighted by Gasteiger charge is -2.36. The molecule has 1 aromatic heterocycles. The summed E-state index contributed by atoms with van der Waals surface area (Å²) >= 11 is 0. The first-order chi connectivity index (χ1) is 15.7. The SMILES string of the molecule is O=C(COc1cccc(-c2nnc3n2CCCC3)c1)N1CCN(c2ccc(F)cc2)CC1. The topological polar surface area (TPSA) is 63.5 Å². The van der Waals surface area contributed by atoms with E-state index in [0.717, 1.165) is 48.7 Å². The predicted octanol–water partition coefficient (Wildman–Crippen LogP) is 3.15. The standard InChI is InChI=1S/C24H26FN5O2/c25-19-7-9-20(10-8-19)28-12-14-29(15-13-28)23(31)17-32-21-5-3-4-18(16-21)24-27-26-22-6-1-2-11-30(22)24/h3-5,7-10,16H,1-2,6,11-15,17H2. The second kappa shape index (κ2) is 8.98. The van der Waals surface area contributed by atoms with E-state index in [4.69, 9.17) is 4.74 Å². The highest BCUT2D eigenvalue weighted by Gasteiger charge is 2.22. The number of hydrogen-bond donors (Lipinski definition) is 0. The van der Waals surface area contributed by atoms with Crippen LogP contribution in [0.3, 0.4) is 0 Å². The van der Waals surface area contributed by atoms with Gasteiger partial charge in [0, 0.05) is 50.4 Å². The normalized spacial score (nSPS) is 16.0. The van der Waals surface area contributed by atoms with E-state index in [0.29, 0.717) is 31.9 Å². The molecule has 1 fully saturated rings. The average molecular weight is 436 g/mol. The molecule has 0 saturated carbocycles. The van der Waals surface area contributed by atoms with Crippen molar-refractivity contribution in [2.75, 3.05) is 37.7 Å². The van der Waals surface area contributed by atoms with Gasteiger partial charge in [0.1, 0.15) is 17.4 Å². The van der Waals surface area contributed by atoms with E-state index in [-0.39, 0.29) is 18.3 Å². The summed E-state index contributed by atoms with van der Waals surface area (Å²) in [6, 6.07) is 14.2. The number of rotatable bonds is 5. The van der Waals surface area contributed by atoms with Crippen molar-refractivity contribution in [3.63, 3.8) is 0 Å². The second-order valence-corrected chi connectivity index (χ2v) is 8.21. The third kappa shape index (κ3) is 4.30. The summed E-state index contributed by atoms with van der Waals surface area (Å²) in [7, 11) is 0. The molecule has 5 rings (SSSR count). The molecule has 3 aromatic rings. The summed E-state index contributed by atoms with van der Waals surface area (Å²) in [6.45, 7) is 3.59. The monoisotopic (exact) mass is 435 g/mol. The van der Waals surface area contributed by atoms with Crippen LogP contribution < -0.4 is 9.64 Å². The minimum absolute atomic E-state index is 0.00204. The number of halogens is 1. The first-order valence-electron chi connectivity index (χ1n) is 11.1. The van der Waals surface area contributed by atoms with Crippen LogP contribution in [0.1, 0.15) is 18.7 Å². The van der Waals surface area contributed by atoms with Crippen molar-refractivity contribution in [3.8, 4) is 17.1 Å². The van der Waals surface area contributed by atoms with Crippen LogP contribution in [0, 0.1) is 5.82 Å². The van der Waals surface area contributed by atoms with Gasteiger partial charge in [0.2, 0.25) is 0 Å². The van der Waals surface area contributed by atoms with Crippen LogP contribution in [0.15, 0.2) is 48.5 Å². The molecule has 0 bridgehead atoms. The van der Waals surface area contributed by atoms with E-state index >= 15 is 0 Å². The van der Waals surface area contributed by atoms with Gasteiger partial charge >= 0.3 is 0 Å². The number of fused-ring (bicyclic) bond motifs is 1. The average Bonchev–Trinajstić information content (AvgIpc) is 3.28. The Morgan fingerprint density at radius 1 is 0.969 bits per heavy atom. The van der Waals surface area contributed by atoms with Gasteiger partial charge in [-0.25, -0.2) is 4.39 Å². The number of benzene rings is 2. The van der Waals surface area contributed by atoms with Gasteiger partial charge < -0.3 is 19.1 Å². The third-order valence-corrected chi connectivity index (χ3v) is 6.14. The van der Waals surface area contributed by atoms with Crippen molar-refractivity contribution in [2.45, 2.75) is 25.8 Å². The number of ether oxygens (including phenoxy) is 1. The van der Waals surface area contributed by atoms with E-state index in [1.54, 1.807) is 12.1 Å². The number of anilines is 1. The van der Waals surface area contributed by atoms with Crippen molar-refractivity contribution < 1.29 is 13.9 Å². The van der Waals surface area contributed by atoms with E-state index in [1.807, 2.05) is 29.2 Å². The summed E-state index contributed by atoms with van der Waals surface area (Å²) in [6.07, 6.45) is 3.25. The highest BCUT2D eigenvalue weighted by Crippen LogP contribution is 2.26. The van der Waals surface area contributed by atoms with E-state index < -0.39 is 0 Å². The molecule has 1 saturated heterocycles. The zero-order chi connectivity index (χ0) is 21.9. The Hall–Kier alpha value is -3.42. The molecule has 2 aromatic carbocycles. The lowest BCUT2D eigenvalue weighted by Crippen LogP contribution is -2.50. The highest BCUT2D eigenvalue weighted by molar-refractivity contribution is 5.78. The van der Waals surface area contributed by atoms with E-state index in [2.05, 4.69) is 19.7 Å². The first-order valence-corrected chi connectivity index (χ1v) is 11.1. The molecule has 0 aliphatic carbocycles. The Morgan fingerprint density at radius 2 is 1.78 bits per heavy atom. The molecular formula is C24H26FN5O2. The Kier molecular flexibility index (Phi) is 5.75. The van der Waals surface area contributed by atoms with Gasteiger partial charge in [0.15, 0.2) is 12.4 Å². The van der Waals surface area contributed by atoms with Gasteiger partial charge in [0.05, 0.1) is 0 Å². The molecule has 8 heteroatoms. The van der Waals surface area contributed by atoms with Gasteiger partial charge in [-0.1, -0.05) is 12.1 Å². The molecule has 0 atom stereocenters. The maximum absolute atomic E-state index is 13.1. The number of aromatic nitrogens is 3. The number of carbonyl (C=O) groups is 1. The Bertz CT molecular complexity index is 1090. The Balaban J connectivity index is 1.17. The third-order valence-electron chi connectivity index (χ3n) is 6.14. The Morgan fingerprint density at radius 3 is 2.59 bits per heavy atom. The molecule has 3 heterocycles. The van der Waals surface area contributed by atoms with Crippen LogP contribution in [0.4, 0.5) is 10.1 Å². The van der Waals surface area contributed by atoms with Crippen molar-refractivity contribution in [1.82, 2.24) is 19.7 Å². The van der Waals surface area contributed by atoms with Gasteiger partial charge in [0.25, 0.3) is 5.91 Å². The quantitative estimate of drug-likeness (QED) is 0.616. The summed E-state index contributed by atoms with van der Waals surface area (Å²) in [4.78, 5) is 16.6. The van der Waals surface area contributed by atoms with Crippen LogP contribution in [0.5, 0.6) is 5.75 Å². The predicted molar refractivity (Wildman–Crippen MR) is 119 cm³/mol. The molecule has 7 nitrogen and oxygen atoms in total. The summed E-state index contributed by atoms with van der Waals surface area (Å²) in [5.41, 5.74) is 1.92. The molecule has 2 aliphatic heterocycles. The lowest BCUT2D eigenvalue weighted by atomic mass is 10.1. The molecule has 166 valence electrons. The van der Waals surface area contributed by atoms with E-state index in [9.17, 15) is 9.18 Å².